The average Bonchev–Trinajstić information content (AvgIpc) is 3.47. The number of nitriles is 1. The number of benzene rings is 1. The molecule has 1 aliphatic rings. The van der Waals surface area contributed by atoms with Crippen molar-refractivity contribution in [2.75, 3.05) is 38.6 Å². The molecule has 1 atom stereocenters. The predicted molar refractivity (Wildman–Crippen MR) is 153 cm³/mol. The zero-order valence-electron chi connectivity index (χ0n) is 21.8. The Hall–Kier alpha value is -3.10. The van der Waals surface area contributed by atoms with Crippen LogP contribution in [0.4, 0.5) is 5.82 Å². The molecule has 1 aromatic carbocycles. The highest BCUT2D eigenvalue weighted by Crippen LogP contribution is 2.38. The molecule has 0 radical (unpaired) electrons. The number of aryl methyl sites for hydroxylation is 2. The van der Waals surface area contributed by atoms with E-state index >= 15 is 0 Å². The fraction of sp³-hybridized carbons (Fsp3) is 0.407. The van der Waals surface area contributed by atoms with E-state index in [4.69, 9.17) is 27.3 Å². The van der Waals surface area contributed by atoms with Gasteiger partial charge in [-0.2, -0.15) is 5.26 Å². The third-order valence-corrected chi connectivity index (χ3v) is 8.16. The Kier molecular flexibility index (Phi) is 7.63. The molecule has 3 N–H and O–H groups in total. The maximum Gasteiger partial charge on any atom is 0.207 e. The van der Waals surface area contributed by atoms with E-state index < -0.39 is 0 Å². The first-order chi connectivity index (χ1) is 18.3. The lowest BCUT2D eigenvalue weighted by Crippen LogP contribution is -2.27. The lowest BCUT2D eigenvalue weighted by molar-refractivity contribution is 0.387. The summed E-state index contributed by atoms with van der Waals surface area (Å²) in [5.74, 6) is 0.780. The third-order valence-electron chi connectivity index (χ3n) is 6.89. The van der Waals surface area contributed by atoms with Crippen molar-refractivity contribution in [1.82, 2.24) is 24.4 Å². The molecular formula is C27H31ClN8OS. The highest BCUT2D eigenvalue weighted by molar-refractivity contribution is 7.99. The molecule has 4 aromatic rings. The molecule has 5 rings (SSSR count). The van der Waals surface area contributed by atoms with Gasteiger partial charge in [0.15, 0.2) is 5.16 Å². The van der Waals surface area contributed by atoms with E-state index in [0.717, 1.165) is 59.7 Å². The number of nitrogens with one attached hydrogen (secondary N) is 1. The monoisotopic (exact) mass is 550 g/mol. The van der Waals surface area contributed by atoms with Crippen molar-refractivity contribution < 1.29 is 0 Å². The normalized spacial score (nSPS) is 15.7. The Bertz CT molecular complexity index is 1610. The van der Waals surface area contributed by atoms with E-state index in [1.54, 1.807) is 6.20 Å². The van der Waals surface area contributed by atoms with E-state index in [2.05, 4.69) is 20.9 Å². The van der Waals surface area contributed by atoms with Gasteiger partial charge in [-0.1, -0.05) is 18.5 Å². The number of pyridine rings is 1. The van der Waals surface area contributed by atoms with Crippen molar-refractivity contribution in [3.8, 4) is 6.07 Å². The first-order valence-corrected chi connectivity index (χ1v) is 14.0. The summed E-state index contributed by atoms with van der Waals surface area (Å²) >= 11 is 8.11. The van der Waals surface area contributed by atoms with Gasteiger partial charge in [-0.3, -0.25) is 4.79 Å². The van der Waals surface area contributed by atoms with Gasteiger partial charge in [-0.05, 0) is 69.9 Å². The number of aromatic nitrogens is 4. The molecule has 0 aliphatic carbocycles. The van der Waals surface area contributed by atoms with Gasteiger partial charge in [0, 0.05) is 47.8 Å². The van der Waals surface area contributed by atoms with Gasteiger partial charge in [-0.25, -0.2) is 9.97 Å². The Balaban J connectivity index is 1.55. The zero-order chi connectivity index (χ0) is 27.0. The van der Waals surface area contributed by atoms with Crippen LogP contribution in [0.2, 0.25) is 5.02 Å². The van der Waals surface area contributed by atoms with Crippen molar-refractivity contribution >= 4 is 51.1 Å². The second-order valence-corrected chi connectivity index (χ2v) is 11.4. The smallest absolute Gasteiger partial charge is 0.207 e. The highest BCUT2D eigenvalue weighted by atomic mass is 35.5. The molecule has 0 amide bonds. The van der Waals surface area contributed by atoms with E-state index in [-0.39, 0.29) is 17.0 Å². The maximum atomic E-state index is 13.1. The molecule has 11 heteroatoms. The summed E-state index contributed by atoms with van der Waals surface area (Å²) in [5, 5.41) is 12.1. The molecular weight excluding hydrogens is 520 g/mol. The highest BCUT2D eigenvalue weighted by Gasteiger charge is 2.26. The lowest BCUT2D eigenvalue weighted by atomic mass is 10.1. The van der Waals surface area contributed by atoms with Gasteiger partial charge in [0.25, 0.3) is 0 Å². The molecule has 1 saturated heterocycles. The van der Waals surface area contributed by atoms with Gasteiger partial charge in [0.2, 0.25) is 5.43 Å². The Labute approximate surface area is 230 Å². The van der Waals surface area contributed by atoms with Crippen LogP contribution in [0.15, 0.2) is 39.2 Å². The van der Waals surface area contributed by atoms with Crippen molar-refractivity contribution in [1.29, 1.82) is 5.26 Å². The van der Waals surface area contributed by atoms with E-state index in [1.165, 1.54) is 11.8 Å². The molecule has 198 valence electrons. The topological polar surface area (TPSA) is 120 Å². The fourth-order valence-electron chi connectivity index (χ4n) is 4.94. The molecule has 3 aromatic heterocycles. The van der Waals surface area contributed by atoms with Gasteiger partial charge in [0.1, 0.15) is 23.1 Å². The minimum atomic E-state index is -0.263. The zero-order valence-corrected chi connectivity index (χ0v) is 23.4. The molecule has 9 nitrogen and oxygen atoms in total. The van der Waals surface area contributed by atoms with Crippen LogP contribution >= 0.6 is 23.4 Å². The van der Waals surface area contributed by atoms with Crippen LogP contribution in [0.25, 0.3) is 21.9 Å². The molecule has 4 heterocycles. The van der Waals surface area contributed by atoms with Crippen LogP contribution in [0.5, 0.6) is 0 Å². The van der Waals surface area contributed by atoms with E-state index in [0.29, 0.717) is 34.3 Å². The van der Waals surface area contributed by atoms with Gasteiger partial charge in [-0.15, -0.1) is 0 Å². The summed E-state index contributed by atoms with van der Waals surface area (Å²) in [6, 6.07) is 7.90. The van der Waals surface area contributed by atoms with E-state index in [1.807, 2.05) is 43.8 Å². The Morgan fingerprint density at radius 1 is 1.34 bits per heavy atom. The number of aromatic amines is 1. The first kappa shape index (κ1) is 26.5. The summed E-state index contributed by atoms with van der Waals surface area (Å²) in [4.78, 5) is 31.2. The number of hydrogen-bond donors (Lipinski definition) is 2. The number of nitrogens with two attached hydrogens (primary N) is 1. The van der Waals surface area contributed by atoms with Crippen LogP contribution in [0.3, 0.4) is 0 Å². The minimum Gasteiger partial charge on any atom is -0.354 e. The summed E-state index contributed by atoms with van der Waals surface area (Å²) < 4.78 is 2.00. The predicted octanol–water partition coefficient (Wildman–Crippen LogP) is 4.00. The Morgan fingerprint density at radius 3 is 2.84 bits per heavy atom. The second-order valence-electron chi connectivity index (χ2n) is 9.93. The molecule has 1 fully saturated rings. The molecule has 0 spiro atoms. The molecule has 38 heavy (non-hydrogen) atoms. The van der Waals surface area contributed by atoms with Crippen LogP contribution in [-0.2, 0) is 13.0 Å². The average molecular weight is 551 g/mol. The van der Waals surface area contributed by atoms with Crippen LogP contribution in [-0.4, -0.2) is 64.2 Å². The van der Waals surface area contributed by atoms with Crippen LogP contribution < -0.4 is 16.1 Å². The van der Waals surface area contributed by atoms with Gasteiger partial charge >= 0.3 is 0 Å². The molecule has 1 unspecified atom stereocenters. The number of anilines is 1. The molecule has 1 aliphatic heterocycles. The number of halogens is 1. The van der Waals surface area contributed by atoms with Crippen molar-refractivity contribution in [3.05, 3.63) is 50.9 Å². The van der Waals surface area contributed by atoms with Crippen molar-refractivity contribution in [3.63, 3.8) is 0 Å². The number of fused-ring (bicyclic) bond motifs is 2. The minimum absolute atomic E-state index is 0.0918. The van der Waals surface area contributed by atoms with Crippen molar-refractivity contribution in [2.45, 2.75) is 48.8 Å². The molecule has 0 bridgehead atoms. The van der Waals surface area contributed by atoms with Gasteiger partial charge in [0.05, 0.1) is 15.9 Å². The summed E-state index contributed by atoms with van der Waals surface area (Å²) in [7, 11) is 4.06. The number of nitrogens with zero attached hydrogens (tertiary/aromatic N) is 6. The summed E-state index contributed by atoms with van der Waals surface area (Å²) in [6.07, 6.45) is 4.21. The summed E-state index contributed by atoms with van der Waals surface area (Å²) in [6.45, 7) is 5.18. The molecule has 0 saturated carbocycles. The summed E-state index contributed by atoms with van der Waals surface area (Å²) in [5.41, 5.74) is 8.50. The SMILES string of the molecule is CCc1[nH]c2nc(Sc3ccc4c(c3)c(=O)c(C#N)cn4CCCN(C)C)nc(N3CCC(N)C3)c2c1Cl. The van der Waals surface area contributed by atoms with Crippen LogP contribution in [0.1, 0.15) is 31.0 Å². The standard InChI is InChI=1S/C27H31ClN8OS/c1-4-20-23(28)22-25(31-20)32-27(33-26(22)36-11-8-17(30)15-36)38-18-6-7-21-19(12-18)24(37)16(13-29)14-35(21)10-5-9-34(2)3/h6-7,12,14,17H,4-5,8-11,15,30H2,1-3H3,(H,31,32,33). The maximum absolute atomic E-state index is 13.1. The van der Waals surface area contributed by atoms with Crippen molar-refractivity contribution in [2.24, 2.45) is 5.73 Å². The third kappa shape index (κ3) is 5.12. The van der Waals surface area contributed by atoms with Crippen LogP contribution in [0, 0.1) is 11.3 Å². The second kappa shape index (κ2) is 10.9. The number of rotatable bonds is 8. The largest absolute Gasteiger partial charge is 0.354 e. The lowest BCUT2D eigenvalue weighted by Gasteiger charge is -2.18. The first-order valence-electron chi connectivity index (χ1n) is 12.8. The van der Waals surface area contributed by atoms with E-state index in [9.17, 15) is 10.1 Å². The number of hydrogen-bond acceptors (Lipinski definition) is 8. The number of H-pyrrole nitrogens is 1. The van der Waals surface area contributed by atoms with Gasteiger partial charge < -0.3 is 25.1 Å². The fourth-order valence-corrected chi connectivity index (χ4v) is 6.08. The quantitative estimate of drug-likeness (QED) is 0.316. The Morgan fingerprint density at radius 2 is 2.16 bits per heavy atom.